The van der Waals surface area contributed by atoms with Crippen LogP contribution in [-0.2, 0) is 0 Å². The van der Waals surface area contributed by atoms with Crippen molar-refractivity contribution in [2.24, 2.45) is 0 Å². The van der Waals surface area contributed by atoms with Crippen molar-refractivity contribution in [3.8, 4) is 0 Å². The monoisotopic (exact) mass is 255 g/mol. The van der Waals surface area contributed by atoms with Crippen molar-refractivity contribution in [1.82, 2.24) is 4.98 Å². The summed E-state index contributed by atoms with van der Waals surface area (Å²) in [7, 11) is 0. The SMILES string of the molecule is CCNc1ccc(C(=O)Nc2cncc(C)c2)cc1. The van der Waals surface area contributed by atoms with Crippen LogP contribution in [0, 0.1) is 6.92 Å². The minimum Gasteiger partial charge on any atom is -0.385 e. The largest absolute Gasteiger partial charge is 0.385 e. The van der Waals surface area contributed by atoms with E-state index in [9.17, 15) is 4.79 Å². The van der Waals surface area contributed by atoms with Crippen molar-refractivity contribution >= 4 is 17.3 Å². The number of carbonyl (C=O) groups excluding carboxylic acids is 1. The molecule has 1 aromatic heterocycles. The Hall–Kier alpha value is -2.36. The first-order valence-corrected chi connectivity index (χ1v) is 6.26. The molecule has 0 radical (unpaired) electrons. The van der Waals surface area contributed by atoms with E-state index in [0.29, 0.717) is 11.3 Å². The molecule has 0 atom stereocenters. The van der Waals surface area contributed by atoms with Crippen LogP contribution in [0.3, 0.4) is 0 Å². The number of carbonyl (C=O) groups is 1. The van der Waals surface area contributed by atoms with E-state index in [1.54, 1.807) is 24.5 Å². The van der Waals surface area contributed by atoms with Crippen LogP contribution >= 0.6 is 0 Å². The number of nitrogens with one attached hydrogen (secondary N) is 2. The van der Waals surface area contributed by atoms with Crippen LogP contribution in [0.15, 0.2) is 42.7 Å². The Morgan fingerprint density at radius 1 is 1.16 bits per heavy atom. The third-order valence-corrected chi connectivity index (χ3v) is 2.66. The zero-order chi connectivity index (χ0) is 13.7. The third-order valence-electron chi connectivity index (χ3n) is 2.66. The van der Waals surface area contributed by atoms with Gasteiger partial charge in [-0.05, 0) is 49.7 Å². The van der Waals surface area contributed by atoms with Crippen molar-refractivity contribution in [3.63, 3.8) is 0 Å². The summed E-state index contributed by atoms with van der Waals surface area (Å²) >= 11 is 0. The second kappa shape index (κ2) is 6.00. The van der Waals surface area contributed by atoms with Gasteiger partial charge in [0.2, 0.25) is 0 Å². The van der Waals surface area contributed by atoms with E-state index in [1.165, 1.54) is 0 Å². The molecule has 0 unspecified atom stereocenters. The molecule has 2 rings (SSSR count). The van der Waals surface area contributed by atoms with Crippen LogP contribution in [0.5, 0.6) is 0 Å². The third kappa shape index (κ3) is 3.55. The molecule has 0 spiro atoms. The molecule has 0 bridgehead atoms. The zero-order valence-corrected chi connectivity index (χ0v) is 11.1. The topological polar surface area (TPSA) is 54.0 Å². The van der Waals surface area contributed by atoms with Crippen LogP contribution in [-0.4, -0.2) is 17.4 Å². The lowest BCUT2D eigenvalue weighted by Gasteiger charge is -2.07. The molecule has 1 amide bonds. The van der Waals surface area contributed by atoms with Crippen molar-refractivity contribution in [2.45, 2.75) is 13.8 Å². The van der Waals surface area contributed by atoms with Gasteiger partial charge in [-0.2, -0.15) is 0 Å². The number of hydrogen-bond acceptors (Lipinski definition) is 3. The minimum atomic E-state index is -0.129. The average molecular weight is 255 g/mol. The van der Waals surface area contributed by atoms with Crippen molar-refractivity contribution in [2.75, 3.05) is 17.2 Å². The van der Waals surface area contributed by atoms with Crippen LogP contribution in [0.2, 0.25) is 0 Å². The van der Waals surface area contributed by atoms with Gasteiger partial charge < -0.3 is 10.6 Å². The maximum Gasteiger partial charge on any atom is 0.255 e. The van der Waals surface area contributed by atoms with Gasteiger partial charge in [-0.3, -0.25) is 9.78 Å². The van der Waals surface area contributed by atoms with E-state index < -0.39 is 0 Å². The van der Waals surface area contributed by atoms with Gasteiger partial charge in [0.25, 0.3) is 5.91 Å². The Kier molecular flexibility index (Phi) is 4.13. The van der Waals surface area contributed by atoms with Gasteiger partial charge in [-0.15, -0.1) is 0 Å². The van der Waals surface area contributed by atoms with Crippen LogP contribution < -0.4 is 10.6 Å². The summed E-state index contributed by atoms with van der Waals surface area (Å²) in [4.78, 5) is 16.1. The number of amides is 1. The van der Waals surface area contributed by atoms with Crippen LogP contribution in [0.4, 0.5) is 11.4 Å². The lowest BCUT2D eigenvalue weighted by atomic mass is 10.2. The molecule has 1 heterocycles. The number of rotatable bonds is 4. The van der Waals surface area contributed by atoms with Gasteiger partial charge in [-0.25, -0.2) is 0 Å². The smallest absolute Gasteiger partial charge is 0.255 e. The predicted molar refractivity (Wildman–Crippen MR) is 77.5 cm³/mol. The fraction of sp³-hybridized carbons (Fsp3) is 0.200. The predicted octanol–water partition coefficient (Wildman–Crippen LogP) is 3.07. The van der Waals surface area contributed by atoms with E-state index in [4.69, 9.17) is 0 Å². The van der Waals surface area contributed by atoms with Gasteiger partial charge in [-0.1, -0.05) is 0 Å². The summed E-state index contributed by atoms with van der Waals surface area (Å²) in [5, 5.41) is 6.02. The number of hydrogen-bond donors (Lipinski definition) is 2. The first kappa shape index (κ1) is 13.1. The molecule has 4 heteroatoms. The van der Waals surface area contributed by atoms with E-state index >= 15 is 0 Å². The fourth-order valence-electron chi connectivity index (χ4n) is 1.77. The molecule has 4 nitrogen and oxygen atoms in total. The number of anilines is 2. The van der Waals surface area contributed by atoms with Crippen LogP contribution in [0.1, 0.15) is 22.8 Å². The molecular weight excluding hydrogens is 238 g/mol. The first-order chi connectivity index (χ1) is 9.19. The Balaban J connectivity index is 2.07. The minimum absolute atomic E-state index is 0.129. The maximum atomic E-state index is 12.0. The second-order valence-corrected chi connectivity index (χ2v) is 4.31. The van der Waals surface area contributed by atoms with Crippen LogP contribution in [0.25, 0.3) is 0 Å². The summed E-state index contributed by atoms with van der Waals surface area (Å²) < 4.78 is 0. The van der Waals surface area contributed by atoms with Gasteiger partial charge >= 0.3 is 0 Å². The molecule has 0 aliphatic carbocycles. The Morgan fingerprint density at radius 2 is 1.89 bits per heavy atom. The fourth-order valence-corrected chi connectivity index (χ4v) is 1.77. The Morgan fingerprint density at radius 3 is 2.53 bits per heavy atom. The van der Waals surface area contributed by atoms with E-state index in [-0.39, 0.29) is 5.91 Å². The average Bonchev–Trinajstić information content (AvgIpc) is 2.40. The highest BCUT2D eigenvalue weighted by molar-refractivity contribution is 6.04. The lowest BCUT2D eigenvalue weighted by Crippen LogP contribution is -2.12. The molecule has 2 aromatic rings. The first-order valence-electron chi connectivity index (χ1n) is 6.26. The zero-order valence-electron chi connectivity index (χ0n) is 11.1. The molecule has 98 valence electrons. The molecule has 0 saturated heterocycles. The molecule has 1 aromatic carbocycles. The molecule has 2 N–H and O–H groups in total. The van der Waals surface area contributed by atoms with Crippen molar-refractivity contribution < 1.29 is 4.79 Å². The van der Waals surface area contributed by atoms with Crippen molar-refractivity contribution in [1.29, 1.82) is 0 Å². The quantitative estimate of drug-likeness (QED) is 0.882. The highest BCUT2D eigenvalue weighted by Gasteiger charge is 2.06. The number of pyridine rings is 1. The Bertz CT molecular complexity index is 564. The number of nitrogens with zero attached hydrogens (tertiary/aromatic N) is 1. The molecule has 0 aliphatic heterocycles. The van der Waals surface area contributed by atoms with Crippen molar-refractivity contribution in [3.05, 3.63) is 53.9 Å². The summed E-state index contributed by atoms with van der Waals surface area (Å²) in [6.45, 7) is 4.83. The van der Waals surface area contributed by atoms with Gasteiger partial charge in [0.05, 0.1) is 11.9 Å². The highest BCUT2D eigenvalue weighted by atomic mass is 16.1. The molecular formula is C15H17N3O. The number of benzene rings is 1. The summed E-state index contributed by atoms with van der Waals surface area (Å²) in [6, 6.07) is 9.28. The van der Waals surface area contributed by atoms with E-state index in [2.05, 4.69) is 15.6 Å². The van der Waals surface area contributed by atoms with E-state index in [1.807, 2.05) is 32.0 Å². The molecule has 19 heavy (non-hydrogen) atoms. The maximum absolute atomic E-state index is 12.0. The van der Waals surface area contributed by atoms with Gasteiger partial charge in [0.15, 0.2) is 0 Å². The summed E-state index contributed by atoms with van der Waals surface area (Å²) in [5.41, 5.74) is 3.36. The summed E-state index contributed by atoms with van der Waals surface area (Å²) in [6.07, 6.45) is 3.39. The standard InChI is InChI=1S/C15H17N3O/c1-3-17-13-6-4-12(5-7-13)15(19)18-14-8-11(2)9-16-10-14/h4-10,17H,3H2,1-2H3,(H,18,19). The second-order valence-electron chi connectivity index (χ2n) is 4.31. The van der Waals surface area contributed by atoms with Gasteiger partial charge in [0, 0.05) is 24.0 Å². The Labute approximate surface area is 112 Å². The van der Waals surface area contributed by atoms with Gasteiger partial charge in [0.1, 0.15) is 0 Å². The molecule has 0 saturated carbocycles. The number of aryl methyl sites for hydroxylation is 1. The molecule has 0 aliphatic rings. The molecule has 0 fully saturated rings. The number of aromatic nitrogens is 1. The van der Waals surface area contributed by atoms with E-state index in [0.717, 1.165) is 17.8 Å². The normalized spacial score (nSPS) is 10.0. The summed E-state index contributed by atoms with van der Waals surface area (Å²) in [5.74, 6) is -0.129. The highest BCUT2D eigenvalue weighted by Crippen LogP contribution is 2.12. The lowest BCUT2D eigenvalue weighted by molar-refractivity contribution is 0.102.